The molecule has 0 heterocycles. The molecule has 190 valence electrons. The Labute approximate surface area is 203 Å². The van der Waals surface area contributed by atoms with Gasteiger partial charge in [0.25, 0.3) is 5.69 Å². The Kier molecular flexibility index (Phi) is 9.29. The molecule has 2 amide bonds. The van der Waals surface area contributed by atoms with E-state index in [9.17, 15) is 32.5 Å². The Bertz CT molecular complexity index is 1190. The molecular weight excluding hydrogens is 479 g/mol. The average molecular weight is 509 g/mol. The first kappa shape index (κ1) is 27.7. The van der Waals surface area contributed by atoms with Crippen LogP contribution in [0.15, 0.2) is 48.5 Å². The number of nitro groups is 1. The molecule has 0 aromatic heterocycles. The van der Waals surface area contributed by atoms with Gasteiger partial charge < -0.3 is 10.2 Å². The van der Waals surface area contributed by atoms with E-state index in [-0.39, 0.29) is 29.5 Å². The molecule has 0 saturated heterocycles. The molecule has 0 radical (unpaired) electrons. The second kappa shape index (κ2) is 11.7. The fraction of sp³-hybridized carbons (Fsp3) is 0.391. The number of benzene rings is 2. The quantitative estimate of drug-likeness (QED) is 0.367. The summed E-state index contributed by atoms with van der Waals surface area (Å²) < 4.78 is 40.1. The zero-order valence-corrected chi connectivity index (χ0v) is 20.8. The van der Waals surface area contributed by atoms with Crippen LogP contribution in [-0.4, -0.2) is 54.9 Å². The first-order valence-electron chi connectivity index (χ1n) is 10.9. The zero-order chi connectivity index (χ0) is 26.3. The van der Waals surface area contributed by atoms with E-state index in [4.69, 9.17) is 0 Å². The van der Waals surface area contributed by atoms with Crippen molar-refractivity contribution in [3.05, 3.63) is 70.0 Å². The molecule has 1 N–H and O–H groups in total. The predicted octanol–water partition coefficient (Wildman–Crippen LogP) is 2.83. The summed E-state index contributed by atoms with van der Waals surface area (Å²) in [4.78, 5) is 37.7. The highest BCUT2D eigenvalue weighted by Gasteiger charge is 2.31. The summed E-state index contributed by atoms with van der Waals surface area (Å²) in [7, 11) is -4.05. The maximum Gasteiger partial charge on any atom is 0.271 e. The van der Waals surface area contributed by atoms with Crippen LogP contribution < -0.4 is 9.62 Å². The number of non-ortho nitro benzene ring substituents is 1. The van der Waals surface area contributed by atoms with Crippen molar-refractivity contribution in [2.45, 2.75) is 45.8 Å². The normalized spacial score (nSPS) is 12.9. The summed E-state index contributed by atoms with van der Waals surface area (Å²) >= 11 is 0. The molecule has 0 unspecified atom stereocenters. The smallest absolute Gasteiger partial charge is 0.271 e. The van der Waals surface area contributed by atoms with Crippen LogP contribution in [-0.2, 0) is 26.2 Å². The van der Waals surface area contributed by atoms with Crippen molar-refractivity contribution in [3.63, 3.8) is 0 Å². The molecule has 2 aromatic rings. The molecule has 12 heteroatoms. The molecule has 0 fully saturated rings. The van der Waals surface area contributed by atoms with Gasteiger partial charge in [-0.25, -0.2) is 12.8 Å². The fourth-order valence-electron chi connectivity index (χ4n) is 3.23. The van der Waals surface area contributed by atoms with Gasteiger partial charge in [0.2, 0.25) is 21.8 Å². The van der Waals surface area contributed by atoms with Crippen LogP contribution >= 0.6 is 0 Å². The van der Waals surface area contributed by atoms with Crippen LogP contribution in [0.2, 0.25) is 0 Å². The van der Waals surface area contributed by atoms with Crippen molar-refractivity contribution < 1.29 is 27.3 Å². The highest BCUT2D eigenvalue weighted by molar-refractivity contribution is 7.92. The second-order valence-electron chi connectivity index (χ2n) is 8.15. The van der Waals surface area contributed by atoms with Crippen LogP contribution in [0.4, 0.5) is 15.8 Å². The second-order valence-corrected chi connectivity index (χ2v) is 10.1. The molecule has 2 aromatic carbocycles. The Balaban J connectivity index is 2.44. The monoisotopic (exact) mass is 508 g/mol. The lowest BCUT2D eigenvalue weighted by Crippen LogP contribution is -2.52. The molecule has 0 aliphatic heterocycles. The van der Waals surface area contributed by atoms with Crippen LogP contribution in [0.5, 0.6) is 0 Å². The zero-order valence-electron chi connectivity index (χ0n) is 20.0. The van der Waals surface area contributed by atoms with Crippen LogP contribution in [0, 0.1) is 15.9 Å². The molecule has 0 spiro atoms. The van der Waals surface area contributed by atoms with E-state index < -0.39 is 45.2 Å². The number of hydrogen-bond acceptors (Lipinski definition) is 6. The maximum atomic E-state index is 14.4. The van der Waals surface area contributed by atoms with Crippen molar-refractivity contribution in [1.82, 2.24) is 10.2 Å². The van der Waals surface area contributed by atoms with E-state index in [1.165, 1.54) is 43.3 Å². The van der Waals surface area contributed by atoms with Crippen molar-refractivity contribution in [2.75, 3.05) is 17.1 Å². The average Bonchev–Trinajstić information content (AvgIpc) is 2.80. The number of nitro benzene ring substituents is 1. The van der Waals surface area contributed by atoms with E-state index in [0.717, 1.165) is 21.5 Å². The van der Waals surface area contributed by atoms with Gasteiger partial charge in [0, 0.05) is 30.3 Å². The highest BCUT2D eigenvalue weighted by atomic mass is 32.2. The van der Waals surface area contributed by atoms with Gasteiger partial charge in [-0.3, -0.25) is 24.0 Å². The minimum absolute atomic E-state index is 0.0856. The van der Waals surface area contributed by atoms with E-state index in [0.29, 0.717) is 6.42 Å². The lowest BCUT2D eigenvalue weighted by atomic mass is 10.1. The third-order valence-corrected chi connectivity index (χ3v) is 6.62. The van der Waals surface area contributed by atoms with E-state index in [1.54, 1.807) is 13.0 Å². The van der Waals surface area contributed by atoms with E-state index in [2.05, 4.69) is 5.32 Å². The van der Waals surface area contributed by atoms with Gasteiger partial charge in [0.05, 0.1) is 16.9 Å². The largest absolute Gasteiger partial charge is 0.352 e. The summed E-state index contributed by atoms with van der Waals surface area (Å²) in [6.45, 7) is 4.11. The molecule has 0 bridgehead atoms. The number of amides is 2. The Hall–Kier alpha value is -3.54. The van der Waals surface area contributed by atoms with Crippen LogP contribution in [0.3, 0.4) is 0 Å². The number of nitrogens with zero attached hydrogens (tertiary/aromatic N) is 3. The molecular formula is C23H29FN4O6S. The first-order valence-corrected chi connectivity index (χ1v) is 12.7. The molecule has 2 rings (SSSR count). The number of nitrogens with one attached hydrogen (secondary N) is 1. The van der Waals surface area contributed by atoms with Gasteiger partial charge in [-0.05, 0) is 32.4 Å². The highest BCUT2D eigenvalue weighted by Crippen LogP contribution is 2.24. The van der Waals surface area contributed by atoms with Crippen LogP contribution in [0.1, 0.15) is 32.8 Å². The van der Waals surface area contributed by atoms with Gasteiger partial charge >= 0.3 is 0 Å². The minimum Gasteiger partial charge on any atom is -0.352 e. The number of anilines is 1. The summed E-state index contributed by atoms with van der Waals surface area (Å²) in [5.74, 6) is -1.85. The fourth-order valence-corrected chi connectivity index (χ4v) is 4.08. The van der Waals surface area contributed by atoms with Gasteiger partial charge in [0.1, 0.15) is 18.4 Å². The Morgan fingerprint density at radius 2 is 1.80 bits per heavy atom. The summed E-state index contributed by atoms with van der Waals surface area (Å²) in [5.41, 5.74) is -0.295. The topological polar surface area (TPSA) is 130 Å². The van der Waals surface area contributed by atoms with Gasteiger partial charge in [-0.2, -0.15) is 0 Å². The maximum absolute atomic E-state index is 14.4. The summed E-state index contributed by atoms with van der Waals surface area (Å²) in [6, 6.07) is 9.37. The van der Waals surface area contributed by atoms with Crippen LogP contribution in [0.25, 0.3) is 0 Å². The Morgan fingerprint density at radius 1 is 1.14 bits per heavy atom. The number of rotatable bonds is 11. The lowest BCUT2D eigenvalue weighted by molar-refractivity contribution is -0.384. The van der Waals surface area contributed by atoms with Crippen molar-refractivity contribution in [1.29, 1.82) is 0 Å². The molecule has 0 aliphatic carbocycles. The van der Waals surface area contributed by atoms with Crippen molar-refractivity contribution >= 4 is 33.2 Å². The SMILES string of the molecule is CC[C@H](C)NC(=O)[C@@H](C)N(Cc1ccccc1F)C(=O)CN(c1cccc([N+](=O)[O-])c1)S(C)(=O)=O. The van der Waals surface area contributed by atoms with Crippen molar-refractivity contribution in [2.24, 2.45) is 0 Å². The number of carbonyl (C=O) groups is 2. The van der Waals surface area contributed by atoms with Crippen molar-refractivity contribution in [3.8, 4) is 0 Å². The lowest BCUT2D eigenvalue weighted by Gasteiger charge is -2.32. The summed E-state index contributed by atoms with van der Waals surface area (Å²) in [6.07, 6.45) is 1.51. The van der Waals surface area contributed by atoms with Gasteiger partial charge in [-0.1, -0.05) is 31.2 Å². The number of hydrogen-bond donors (Lipinski definition) is 1. The molecule has 10 nitrogen and oxygen atoms in total. The number of carbonyl (C=O) groups excluding carboxylic acids is 2. The number of sulfonamides is 1. The first-order chi connectivity index (χ1) is 16.3. The number of halogens is 1. The predicted molar refractivity (Wildman–Crippen MR) is 130 cm³/mol. The van der Waals surface area contributed by atoms with E-state index in [1.807, 2.05) is 6.92 Å². The standard InChI is InChI=1S/C23H29FN4O6S/c1-5-16(2)25-23(30)17(3)26(14-18-9-6-7-12-21(18)24)22(29)15-27(35(4,33)34)19-10-8-11-20(13-19)28(31)32/h6-13,16-17H,5,14-15H2,1-4H3,(H,25,30)/t16-,17+/m0/s1. The molecule has 0 saturated carbocycles. The Morgan fingerprint density at radius 3 is 2.37 bits per heavy atom. The van der Waals surface area contributed by atoms with Gasteiger partial charge in [0.15, 0.2) is 0 Å². The summed E-state index contributed by atoms with van der Waals surface area (Å²) in [5, 5.41) is 13.9. The minimum atomic E-state index is -4.05. The van der Waals surface area contributed by atoms with E-state index >= 15 is 0 Å². The van der Waals surface area contributed by atoms with Gasteiger partial charge in [-0.15, -0.1) is 0 Å². The third-order valence-electron chi connectivity index (χ3n) is 5.47. The molecule has 35 heavy (non-hydrogen) atoms. The third kappa shape index (κ3) is 7.47. The molecule has 0 aliphatic rings. The molecule has 2 atom stereocenters.